The van der Waals surface area contributed by atoms with Crippen LogP contribution in [0.3, 0.4) is 0 Å². The van der Waals surface area contributed by atoms with Gasteiger partial charge in [0.15, 0.2) is 7.28 Å². The molecule has 2 nitrogen and oxygen atoms in total. The molecule has 1 radical (unpaired) electrons. The second kappa shape index (κ2) is 15.4. The van der Waals surface area contributed by atoms with E-state index in [2.05, 4.69) is 225 Å². The average Bonchev–Trinajstić information content (AvgIpc) is 3.92. The van der Waals surface area contributed by atoms with Gasteiger partial charge in [0.1, 0.15) is 0 Å². The highest BCUT2D eigenvalue weighted by atomic mass is 32.1. The number of benzene rings is 8. The Morgan fingerprint density at radius 2 is 1.11 bits per heavy atom. The topological polar surface area (TPSA) is 15.3 Å². The van der Waals surface area contributed by atoms with Crippen molar-refractivity contribution in [2.75, 3.05) is 10.2 Å². The van der Waals surface area contributed by atoms with Gasteiger partial charge in [-0.2, -0.15) is 0 Å². The van der Waals surface area contributed by atoms with Crippen LogP contribution in [0, 0.1) is 6.92 Å². The van der Waals surface area contributed by atoms with Crippen molar-refractivity contribution in [1.82, 2.24) is 0 Å². The highest BCUT2D eigenvalue weighted by Gasteiger charge is 2.40. The van der Waals surface area contributed by atoms with E-state index in [1.807, 2.05) is 22.7 Å². The molecule has 0 atom stereocenters. The van der Waals surface area contributed by atoms with Crippen molar-refractivity contribution in [2.24, 2.45) is 0 Å². The highest BCUT2D eigenvalue weighted by molar-refractivity contribution is 7.27. The van der Waals surface area contributed by atoms with Crippen LogP contribution >= 0.6 is 22.7 Å². The van der Waals surface area contributed by atoms with E-state index in [0.717, 1.165) is 12.1 Å². The number of nitrogens with one attached hydrogen (secondary N) is 1. The lowest BCUT2D eigenvalue weighted by Gasteiger charge is -2.44. The Labute approximate surface area is 422 Å². The van der Waals surface area contributed by atoms with E-state index in [1.165, 1.54) is 143 Å². The minimum absolute atomic E-state index is 0.0532. The van der Waals surface area contributed by atoms with Crippen LogP contribution in [-0.2, 0) is 21.7 Å². The van der Waals surface area contributed by atoms with Crippen molar-refractivity contribution < 1.29 is 0 Å². The molecule has 1 aliphatic heterocycles. The van der Waals surface area contributed by atoms with Gasteiger partial charge in [-0.15, -0.1) is 22.7 Å². The van der Waals surface area contributed by atoms with Gasteiger partial charge in [0.25, 0.3) is 0 Å². The van der Waals surface area contributed by atoms with Crippen LogP contribution in [0.4, 0.5) is 28.4 Å². The molecule has 1 N–H and O–H groups in total. The van der Waals surface area contributed by atoms with E-state index < -0.39 is 0 Å². The summed E-state index contributed by atoms with van der Waals surface area (Å²) in [5.41, 5.74) is 21.0. The van der Waals surface area contributed by atoms with Crippen molar-refractivity contribution in [3.8, 4) is 22.3 Å². The summed E-state index contributed by atoms with van der Waals surface area (Å²) in [6.45, 7) is 21.9. The number of thiophene rings is 2. The first-order valence-corrected chi connectivity index (χ1v) is 27.0. The fourth-order valence-corrected chi connectivity index (χ4v) is 15.0. The second-order valence-corrected chi connectivity index (χ2v) is 25.5. The lowest BCUT2D eigenvalue weighted by atomic mass is 9.57. The molecule has 0 saturated carbocycles. The number of aryl methyl sites for hydroxylation is 1. The Morgan fingerprint density at radius 3 is 1.84 bits per heavy atom. The van der Waals surface area contributed by atoms with Gasteiger partial charge in [0, 0.05) is 68.7 Å². The molecule has 0 saturated heterocycles. The van der Waals surface area contributed by atoms with Crippen LogP contribution in [0.15, 0.2) is 146 Å². The molecule has 0 amide bonds. The van der Waals surface area contributed by atoms with Crippen molar-refractivity contribution in [1.29, 1.82) is 0 Å². The molecule has 0 spiro atoms. The van der Waals surface area contributed by atoms with Crippen molar-refractivity contribution >= 4 is 110 Å². The third kappa shape index (κ3) is 6.71. The molecule has 70 heavy (non-hydrogen) atoms. The van der Waals surface area contributed by atoms with Crippen LogP contribution in [0.2, 0.25) is 0 Å². The molecule has 3 heterocycles. The van der Waals surface area contributed by atoms with E-state index in [9.17, 15) is 0 Å². The molecule has 345 valence electrons. The Balaban J connectivity index is 1.13. The molecule has 0 bridgehead atoms. The first-order chi connectivity index (χ1) is 33.6. The molecule has 5 heteroatoms. The van der Waals surface area contributed by atoms with Crippen molar-refractivity contribution in [3.05, 3.63) is 173 Å². The van der Waals surface area contributed by atoms with Crippen molar-refractivity contribution in [2.45, 2.75) is 110 Å². The third-order valence-electron chi connectivity index (χ3n) is 16.9. The maximum atomic E-state index is 4.25. The number of nitrogens with zero attached hydrogens (tertiary/aromatic N) is 1. The summed E-state index contributed by atoms with van der Waals surface area (Å²) in [4.78, 5) is 2.64. The fourth-order valence-electron chi connectivity index (χ4n) is 12.6. The average molecular weight is 944 g/mol. The number of hydrogen-bond donors (Lipinski definition) is 1. The van der Waals surface area contributed by atoms with Crippen molar-refractivity contribution in [3.63, 3.8) is 0 Å². The SMILES string of the molecule is Cc1cc2c(cc1N1c3ccc(-c4ccccc4)cc3[B]c3c1cc1c(sc4ccccc41)c3-c1ccc3sc4ccccc4c3c1Nc1ccc3c(c1)C(C)(C)CCC3(C)C)C(C)(C)CCC2(C)C. The molecule has 3 aliphatic rings. The predicted molar refractivity (Wildman–Crippen MR) is 308 cm³/mol. The summed E-state index contributed by atoms with van der Waals surface area (Å²) in [6, 6.07) is 55.9. The van der Waals surface area contributed by atoms with Gasteiger partial charge in [0.2, 0.25) is 0 Å². The van der Waals surface area contributed by atoms with Gasteiger partial charge in [0.05, 0.1) is 5.69 Å². The summed E-state index contributed by atoms with van der Waals surface area (Å²) in [5.74, 6) is 0. The smallest absolute Gasteiger partial charge is 0.197 e. The summed E-state index contributed by atoms with van der Waals surface area (Å²) < 4.78 is 5.23. The Hall–Kier alpha value is -6.14. The number of fused-ring (bicyclic) bond motifs is 10. The molecule has 13 rings (SSSR count). The van der Waals surface area contributed by atoms with Gasteiger partial charge in [-0.3, -0.25) is 0 Å². The molecule has 2 aliphatic carbocycles. The molecular weight excluding hydrogens is 884 g/mol. The van der Waals surface area contributed by atoms with Gasteiger partial charge in [-0.25, -0.2) is 0 Å². The zero-order valence-electron chi connectivity index (χ0n) is 42.0. The second-order valence-electron chi connectivity index (χ2n) is 23.3. The fraction of sp³-hybridized carbons (Fsp3) is 0.262. The van der Waals surface area contributed by atoms with Crippen LogP contribution in [-0.4, -0.2) is 7.28 Å². The van der Waals surface area contributed by atoms with Crippen LogP contribution in [0.5, 0.6) is 0 Å². The largest absolute Gasteiger partial charge is 0.354 e. The normalized spacial score (nSPS) is 17.2. The maximum absolute atomic E-state index is 4.25. The zero-order chi connectivity index (χ0) is 48.1. The highest BCUT2D eigenvalue weighted by Crippen LogP contribution is 2.54. The summed E-state index contributed by atoms with van der Waals surface area (Å²) in [6.07, 6.45) is 4.72. The number of rotatable bonds is 5. The molecule has 8 aromatic carbocycles. The first-order valence-electron chi connectivity index (χ1n) is 25.4. The minimum atomic E-state index is 0.0532. The van der Waals surface area contributed by atoms with E-state index in [4.69, 9.17) is 0 Å². The zero-order valence-corrected chi connectivity index (χ0v) is 43.7. The van der Waals surface area contributed by atoms with Crippen LogP contribution in [0.1, 0.15) is 109 Å². The lowest BCUT2D eigenvalue weighted by Crippen LogP contribution is -2.41. The van der Waals surface area contributed by atoms with Crippen LogP contribution < -0.4 is 21.1 Å². The van der Waals surface area contributed by atoms with Gasteiger partial charge >= 0.3 is 0 Å². The standard InChI is InChI=1S/C65H60BN2S2/c1-38-33-47-49(65(8,9)32-31-63(47,4)5)37-52(38)68-51-27-23-40(39-17-11-10-12-18-39)34-50(51)66-59-53(68)36-45-42-19-13-15-21-54(42)70-61(45)58(59)44-25-28-56-57(43-20-14-16-22-55(43)69-56)60(44)67-41-24-26-46-48(35-41)64(6,7)30-29-62(46,2)3/h10-28,33-37,67H,29-32H2,1-9H3. The van der Waals surface area contributed by atoms with Gasteiger partial charge in [-0.1, -0.05) is 158 Å². The third-order valence-corrected chi connectivity index (χ3v) is 19.3. The molecule has 10 aromatic rings. The molecule has 0 fully saturated rings. The number of hydrogen-bond acceptors (Lipinski definition) is 4. The van der Waals surface area contributed by atoms with E-state index in [0.29, 0.717) is 0 Å². The predicted octanol–water partition coefficient (Wildman–Crippen LogP) is 17.9. The van der Waals surface area contributed by atoms with Gasteiger partial charge < -0.3 is 10.2 Å². The summed E-state index contributed by atoms with van der Waals surface area (Å²) in [7, 11) is 2.52. The van der Waals surface area contributed by atoms with Gasteiger partial charge in [-0.05, 0) is 153 Å². The molecule has 2 aromatic heterocycles. The monoisotopic (exact) mass is 943 g/mol. The quantitative estimate of drug-likeness (QED) is 0.173. The van der Waals surface area contributed by atoms with E-state index in [1.54, 1.807) is 0 Å². The van der Waals surface area contributed by atoms with E-state index >= 15 is 0 Å². The lowest BCUT2D eigenvalue weighted by molar-refractivity contribution is 0.332. The Kier molecular flexibility index (Phi) is 9.67. The first kappa shape index (κ1) is 43.9. The maximum Gasteiger partial charge on any atom is 0.197 e. The molecule has 0 unspecified atom stereocenters. The summed E-state index contributed by atoms with van der Waals surface area (Å²) in [5, 5.41) is 9.43. The Bertz CT molecular complexity index is 3810. The molecular formula is C65H60BN2S2. The van der Waals surface area contributed by atoms with Crippen LogP contribution in [0.25, 0.3) is 62.6 Å². The number of anilines is 5. The summed E-state index contributed by atoms with van der Waals surface area (Å²) >= 11 is 3.83. The Morgan fingerprint density at radius 1 is 0.486 bits per heavy atom. The minimum Gasteiger partial charge on any atom is -0.354 e. The van der Waals surface area contributed by atoms with E-state index in [-0.39, 0.29) is 21.7 Å².